The zero-order chi connectivity index (χ0) is 21.1. The van der Waals surface area contributed by atoms with Gasteiger partial charge < -0.3 is 16.8 Å². The molecule has 10 heteroatoms. The summed E-state index contributed by atoms with van der Waals surface area (Å²) in [4.78, 5) is 17.2. The lowest BCUT2D eigenvalue weighted by atomic mass is 9.86. The molecule has 9 nitrogen and oxygen atoms in total. The molecule has 2 heterocycles. The summed E-state index contributed by atoms with van der Waals surface area (Å²) in [5.41, 5.74) is 12.9. The molecular weight excluding hydrogens is 387 g/mol. The molecule has 3 aromatic rings. The third-order valence-electron chi connectivity index (χ3n) is 5.26. The fraction of sp³-hybridized carbons (Fsp3) is 0.300. The van der Waals surface area contributed by atoms with Crippen molar-refractivity contribution in [3.8, 4) is 0 Å². The van der Waals surface area contributed by atoms with Crippen LogP contribution in [0.25, 0.3) is 0 Å². The molecule has 0 bridgehead atoms. The van der Waals surface area contributed by atoms with Crippen LogP contribution in [-0.2, 0) is 0 Å². The van der Waals surface area contributed by atoms with Gasteiger partial charge in [0.1, 0.15) is 11.6 Å². The zero-order valence-corrected chi connectivity index (χ0v) is 16.2. The quantitative estimate of drug-likeness (QED) is 0.562. The first-order valence-corrected chi connectivity index (χ1v) is 9.71. The van der Waals surface area contributed by atoms with Crippen LogP contribution in [0.5, 0.6) is 0 Å². The first-order chi connectivity index (χ1) is 14.5. The number of carbonyl (C=O) groups is 1. The second kappa shape index (κ2) is 8.46. The molecule has 1 aliphatic carbocycles. The van der Waals surface area contributed by atoms with Gasteiger partial charge in [-0.15, -0.1) is 10.2 Å². The van der Waals surface area contributed by atoms with Crippen LogP contribution in [0.2, 0.25) is 0 Å². The Morgan fingerprint density at radius 1 is 1.20 bits per heavy atom. The first kappa shape index (κ1) is 19.8. The van der Waals surface area contributed by atoms with Crippen LogP contribution in [-0.4, -0.2) is 44.1 Å². The summed E-state index contributed by atoms with van der Waals surface area (Å²) in [5.74, 6) is -1.07. The standard InChI is InChI=1S/C20H23FN8O/c21-13-10-16(19(23)30)20(24-12-13)27-14-6-7-18(17(22)11-14)28(29-25-8-9-26-29)15-4-2-1-3-5-15/h1-5,8-10,12,14,17-18H,6-7,11,22H2,(H2,23,30)(H,24,27)/t14?,17-,18?/m0/s1. The summed E-state index contributed by atoms with van der Waals surface area (Å²) in [6, 6.07) is 10.6. The van der Waals surface area contributed by atoms with Crippen molar-refractivity contribution in [2.75, 3.05) is 10.3 Å². The topological polar surface area (TPSA) is 128 Å². The number of hydrogen-bond donors (Lipinski definition) is 3. The summed E-state index contributed by atoms with van der Waals surface area (Å²) in [7, 11) is 0. The number of nitrogens with two attached hydrogens (primary N) is 2. The number of para-hydroxylation sites is 1. The molecule has 2 unspecified atom stereocenters. The van der Waals surface area contributed by atoms with Crippen molar-refractivity contribution in [1.29, 1.82) is 0 Å². The molecular formula is C20H23FN8O. The minimum atomic E-state index is -0.734. The number of pyridine rings is 1. The fourth-order valence-corrected chi connectivity index (χ4v) is 3.89. The highest BCUT2D eigenvalue weighted by Gasteiger charge is 2.34. The Labute approximate surface area is 172 Å². The summed E-state index contributed by atoms with van der Waals surface area (Å²) in [6.07, 6.45) is 6.44. The molecule has 3 atom stereocenters. The Hall–Kier alpha value is -3.53. The van der Waals surface area contributed by atoms with E-state index >= 15 is 0 Å². The molecule has 1 amide bonds. The van der Waals surface area contributed by atoms with E-state index in [1.165, 1.54) is 0 Å². The number of halogens is 1. The lowest BCUT2D eigenvalue weighted by molar-refractivity contribution is 0.1000. The van der Waals surface area contributed by atoms with Gasteiger partial charge in [-0.1, -0.05) is 23.1 Å². The van der Waals surface area contributed by atoms with E-state index in [9.17, 15) is 9.18 Å². The van der Waals surface area contributed by atoms with Crippen LogP contribution in [0.3, 0.4) is 0 Å². The van der Waals surface area contributed by atoms with Crippen molar-refractivity contribution < 1.29 is 9.18 Å². The Balaban J connectivity index is 1.52. The number of rotatable bonds is 6. The Morgan fingerprint density at radius 3 is 2.60 bits per heavy atom. The molecule has 0 saturated heterocycles. The molecule has 1 fully saturated rings. The zero-order valence-electron chi connectivity index (χ0n) is 16.2. The molecule has 1 aliphatic rings. The minimum Gasteiger partial charge on any atom is -0.367 e. The molecule has 2 aromatic heterocycles. The molecule has 0 aliphatic heterocycles. The van der Waals surface area contributed by atoms with Crippen LogP contribution in [0, 0.1) is 5.82 Å². The lowest BCUT2D eigenvalue weighted by Crippen LogP contribution is -2.55. The number of nitrogens with one attached hydrogen (secondary N) is 1. The largest absolute Gasteiger partial charge is 0.367 e. The van der Waals surface area contributed by atoms with E-state index in [0.29, 0.717) is 6.42 Å². The van der Waals surface area contributed by atoms with Gasteiger partial charge in [0.05, 0.1) is 35.9 Å². The monoisotopic (exact) mass is 410 g/mol. The minimum absolute atomic E-state index is 0.0253. The Morgan fingerprint density at radius 2 is 1.93 bits per heavy atom. The van der Waals surface area contributed by atoms with Gasteiger partial charge >= 0.3 is 0 Å². The number of anilines is 2. The highest BCUT2D eigenvalue weighted by molar-refractivity contribution is 5.97. The SMILES string of the molecule is NC(=O)c1cc(F)cnc1NC1CCC(N(c2ccccc2)n2nccn2)[C@@H](N)C1. The third-order valence-corrected chi connectivity index (χ3v) is 5.26. The van der Waals surface area contributed by atoms with Gasteiger partial charge in [0, 0.05) is 12.1 Å². The number of hydrogen-bond acceptors (Lipinski definition) is 7. The number of amides is 1. The smallest absolute Gasteiger partial charge is 0.252 e. The number of benzene rings is 1. The van der Waals surface area contributed by atoms with E-state index in [4.69, 9.17) is 11.5 Å². The van der Waals surface area contributed by atoms with Gasteiger partial charge in [-0.25, -0.2) is 14.4 Å². The predicted octanol–water partition coefficient (Wildman–Crippen LogP) is 1.54. The van der Waals surface area contributed by atoms with Crippen LogP contribution >= 0.6 is 0 Å². The van der Waals surface area contributed by atoms with E-state index < -0.39 is 11.7 Å². The van der Waals surface area contributed by atoms with Gasteiger partial charge in [-0.3, -0.25) is 4.79 Å². The van der Waals surface area contributed by atoms with Gasteiger partial charge in [0.15, 0.2) is 0 Å². The summed E-state index contributed by atoms with van der Waals surface area (Å²) < 4.78 is 13.4. The maximum Gasteiger partial charge on any atom is 0.252 e. The number of aromatic nitrogens is 4. The average molecular weight is 410 g/mol. The van der Waals surface area contributed by atoms with Crippen molar-refractivity contribution in [2.24, 2.45) is 11.5 Å². The molecule has 5 N–H and O–H groups in total. The molecule has 1 aromatic carbocycles. The molecule has 0 spiro atoms. The molecule has 0 radical (unpaired) electrons. The number of nitrogens with zero attached hydrogens (tertiary/aromatic N) is 5. The van der Waals surface area contributed by atoms with E-state index in [2.05, 4.69) is 20.5 Å². The van der Waals surface area contributed by atoms with Crippen molar-refractivity contribution in [3.05, 3.63) is 66.4 Å². The van der Waals surface area contributed by atoms with Crippen LogP contribution in [0.1, 0.15) is 29.6 Å². The second-order valence-electron chi connectivity index (χ2n) is 7.28. The Kier molecular flexibility index (Phi) is 5.57. The van der Waals surface area contributed by atoms with Crippen molar-refractivity contribution in [1.82, 2.24) is 20.1 Å². The van der Waals surface area contributed by atoms with Crippen molar-refractivity contribution >= 4 is 17.4 Å². The van der Waals surface area contributed by atoms with E-state index in [1.54, 1.807) is 17.3 Å². The highest BCUT2D eigenvalue weighted by atomic mass is 19.1. The van der Waals surface area contributed by atoms with Gasteiger partial charge in [0.25, 0.3) is 5.91 Å². The highest BCUT2D eigenvalue weighted by Crippen LogP contribution is 2.29. The maximum atomic E-state index is 13.4. The molecule has 4 rings (SSSR count). The average Bonchev–Trinajstić information content (AvgIpc) is 3.26. The van der Waals surface area contributed by atoms with Crippen molar-refractivity contribution in [2.45, 2.75) is 37.4 Å². The van der Waals surface area contributed by atoms with Gasteiger partial charge in [-0.2, -0.15) is 0 Å². The summed E-state index contributed by atoms with van der Waals surface area (Å²) >= 11 is 0. The molecule has 30 heavy (non-hydrogen) atoms. The first-order valence-electron chi connectivity index (χ1n) is 9.71. The van der Waals surface area contributed by atoms with Crippen LogP contribution in [0.4, 0.5) is 15.9 Å². The summed E-state index contributed by atoms with van der Waals surface area (Å²) in [5, 5.41) is 13.8. The van der Waals surface area contributed by atoms with E-state index in [1.807, 2.05) is 35.3 Å². The Bertz CT molecular complexity index is 997. The van der Waals surface area contributed by atoms with Crippen LogP contribution < -0.4 is 21.8 Å². The van der Waals surface area contributed by atoms with Crippen LogP contribution in [0.15, 0.2) is 55.0 Å². The number of primary amides is 1. The van der Waals surface area contributed by atoms with Crippen molar-refractivity contribution in [3.63, 3.8) is 0 Å². The summed E-state index contributed by atoms with van der Waals surface area (Å²) in [6.45, 7) is 0. The van der Waals surface area contributed by atoms with E-state index in [-0.39, 0.29) is 29.5 Å². The number of carbonyl (C=O) groups excluding carboxylic acids is 1. The van der Waals surface area contributed by atoms with E-state index in [0.717, 1.165) is 30.8 Å². The predicted molar refractivity (Wildman–Crippen MR) is 110 cm³/mol. The molecule has 156 valence electrons. The van der Waals surface area contributed by atoms with Gasteiger partial charge in [-0.05, 0) is 37.5 Å². The lowest BCUT2D eigenvalue weighted by Gasteiger charge is -2.41. The normalized spacial score (nSPS) is 21.2. The molecule has 1 saturated carbocycles. The van der Waals surface area contributed by atoms with Gasteiger partial charge in [0.2, 0.25) is 0 Å². The third kappa shape index (κ3) is 4.08. The maximum absolute atomic E-state index is 13.4. The second-order valence-corrected chi connectivity index (χ2v) is 7.28. The fourth-order valence-electron chi connectivity index (χ4n) is 3.89.